The van der Waals surface area contributed by atoms with Gasteiger partial charge in [-0.3, -0.25) is 9.00 Å². The summed E-state index contributed by atoms with van der Waals surface area (Å²) < 4.78 is 11.1. The minimum Gasteiger partial charge on any atom is -0.506 e. The van der Waals surface area contributed by atoms with E-state index in [0.717, 1.165) is 0 Å². The standard InChI is InChI=1S/C12H18N2O3S/c1-8(18(2)17)5-6-14-12(16)9-3-4-10(13)11(15)7-9/h3-4,7-8,15H,5-6,13H2,1-2H3,(H,14,16). The normalized spacial score (nSPS) is 13.9. The van der Waals surface area contributed by atoms with Crippen LogP contribution in [0, 0.1) is 0 Å². The van der Waals surface area contributed by atoms with Gasteiger partial charge in [0.25, 0.3) is 5.91 Å². The number of hydrogen-bond donors (Lipinski definition) is 3. The number of phenols is 1. The molecule has 0 heterocycles. The van der Waals surface area contributed by atoms with Crippen LogP contribution in [0.25, 0.3) is 0 Å². The van der Waals surface area contributed by atoms with Gasteiger partial charge in [0.05, 0.1) is 5.69 Å². The van der Waals surface area contributed by atoms with Crippen LogP contribution in [-0.4, -0.2) is 33.3 Å². The highest BCUT2D eigenvalue weighted by atomic mass is 32.2. The minimum atomic E-state index is -0.884. The molecule has 6 heteroatoms. The van der Waals surface area contributed by atoms with E-state index in [1.54, 1.807) is 12.3 Å². The predicted octanol–water partition coefficient (Wildman–Crippen LogP) is 0.861. The first-order valence-electron chi connectivity index (χ1n) is 5.60. The highest BCUT2D eigenvalue weighted by molar-refractivity contribution is 7.84. The number of phenolic OH excluding ortho intramolecular Hbond substituents is 1. The fourth-order valence-electron chi connectivity index (χ4n) is 1.34. The molecular formula is C12H18N2O3S. The van der Waals surface area contributed by atoms with Crippen LogP contribution in [0.4, 0.5) is 5.69 Å². The van der Waals surface area contributed by atoms with Crippen molar-refractivity contribution in [2.45, 2.75) is 18.6 Å². The Balaban J connectivity index is 2.50. The number of carbonyl (C=O) groups excluding carboxylic acids is 1. The van der Waals surface area contributed by atoms with E-state index >= 15 is 0 Å². The highest BCUT2D eigenvalue weighted by Gasteiger charge is 2.09. The first-order valence-corrected chi connectivity index (χ1v) is 7.23. The summed E-state index contributed by atoms with van der Waals surface area (Å²) in [5.41, 5.74) is 6.04. The molecule has 18 heavy (non-hydrogen) atoms. The monoisotopic (exact) mass is 270 g/mol. The van der Waals surface area contributed by atoms with Crippen molar-refractivity contribution in [2.75, 3.05) is 18.5 Å². The second-order valence-corrected chi connectivity index (χ2v) is 5.93. The van der Waals surface area contributed by atoms with Gasteiger partial charge in [-0.15, -0.1) is 0 Å². The quantitative estimate of drug-likeness (QED) is 0.546. The van der Waals surface area contributed by atoms with Crippen molar-refractivity contribution in [3.8, 4) is 5.75 Å². The smallest absolute Gasteiger partial charge is 0.251 e. The second kappa shape index (κ2) is 6.39. The largest absolute Gasteiger partial charge is 0.506 e. The Morgan fingerprint density at radius 1 is 1.56 bits per heavy atom. The van der Waals surface area contributed by atoms with E-state index in [1.807, 2.05) is 6.92 Å². The predicted molar refractivity (Wildman–Crippen MR) is 73.0 cm³/mol. The maximum Gasteiger partial charge on any atom is 0.251 e. The Bertz CT molecular complexity index is 463. The van der Waals surface area contributed by atoms with Gasteiger partial charge in [-0.25, -0.2) is 0 Å². The Kier molecular flexibility index (Phi) is 5.15. The van der Waals surface area contributed by atoms with E-state index in [9.17, 15) is 14.1 Å². The number of hydrogen-bond acceptors (Lipinski definition) is 4. The number of nitrogens with one attached hydrogen (secondary N) is 1. The lowest BCUT2D eigenvalue weighted by atomic mass is 10.2. The number of anilines is 1. The third-order valence-corrected chi connectivity index (χ3v) is 4.06. The topological polar surface area (TPSA) is 92.4 Å². The third-order valence-electron chi connectivity index (χ3n) is 2.70. The lowest BCUT2D eigenvalue weighted by molar-refractivity contribution is 0.0953. The molecule has 0 aliphatic heterocycles. The summed E-state index contributed by atoms with van der Waals surface area (Å²) in [4.78, 5) is 11.7. The van der Waals surface area contributed by atoms with Gasteiger partial charge in [-0.05, 0) is 24.6 Å². The van der Waals surface area contributed by atoms with Gasteiger partial charge in [0.2, 0.25) is 0 Å². The summed E-state index contributed by atoms with van der Waals surface area (Å²) in [6.07, 6.45) is 2.29. The van der Waals surface area contributed by atoms with E-state index in [4.69, 9.17) is 5.73 Å². The lowest BCUT2D eigenvalue weighted by Crippen LogP contribution is -2.27. The number of amides is 1. The van der Waals surface area contributed by atoms with Gasteiger partial charge in [-0.1, -0.05) is 6.92 Å². The Hall–Kier alpha value is -1.56. The van der Waals surface area contributed by atoms with Crippen LogP contribution in [0.15, 0.2) is 18.2 Å². The summed E-state index contributed by atoms with van der Waals surface area (Å²) >= 11 is 0. The van der Waals surface area contributed by atoms with Crippen molar-refractivity contribution in [3.63, 3.8) is 0 Å². The van der Waals surface area contributed by atoms with Crippen LogP contribution < -0.4 is 11.1 Å². The van der Waals surface area contributed by atoms with E-state index in [-0.39, 0.29) is 22.6 Å². The van der Waals surface area contributed by atoms with Crippen molar-refractivity contribution < 1.29 is 14.1 Å². The van der Waals surface area contributed by atoms with Crippen LogP contribution in [0.5, 0.6) is 5.75 Å². The average Bonchev–Trinajstić information content (AvgIpc) is 2.32. The lowest BCUT2D eigenvalue weighted by Gasteiger charge is -2.09. The molecule has 1 aromatic rings. The van der Waals surface area contributed by atoms with Crippen molar-refractivity contribution in [2.24, 2.45) is 0 Å². The van der Waals surface area contributed by atoms with Crippen molar-refractivity contribution >= 4 is 22.4 Å². The molecule has 0 saturated carbocycles. The molecule has 100 valence electrons. The van der Waals surface area contributed by atoms with Gasteiger partial charge in [0, 0.05) is 34.4 Å². The molecule has 1 rings (SSSR count). The zero-order valence-electron chi connectivity index (χ0n) is 10.5. The van der Waals surface area contributed by atoms with Crippen LogP contribution >= 0.6 is 0 Å². The molecule has 0 radical (unpaired) electrons. The first-order chi connectivity index (χ1) is 8.41. The minimum absolute atomic E-state index is 0.0464. The molecule has 4 N–H and O–H groups in total. The van der Waals surface area contributed by atoms with E-state index in [2.05, 4.69) is 5.32 Å². The maximum atomic E-state index is 11.7. The molecule has 0 aliphatic rings. The number of aromatic hydroxyl groups is 1. The van der Waals surface area contributed by atoms with E-state index in [0.29, 0.717) is 18.5 Å². The van der Waals surface area contributed by atoms with Crippen LogP contribution in [0.1, 0.15) is 23.7 Å². The molecule has 0 spiro atoms. The number of benzene rings is 1. The third kappa shape index (κ3) is 4.03. The molecule has 1 amide bonds. The van der Waals surface area contributed by atoms with E-state index in [1.165, 1.54) is 12.1 Å². The summed E-state index contributed by atoms with van der Waals surface area (Å²) in [5, 5.41) is 12.1. The van der Waals surface area contributed by atoms with Gasteiger partial charge >= 0.3 is 0 Å². The molecule has 5 nitrogen and oxygen atoms in total. The van der Waals surface area contributed by atoms with Gasteiger partial charge in [0.1, 0.15) is 5.75 Å². The second-order valence-electron chi connectivity index (χ2n) is 4.13. The molecule has 0 saturated heterocycles. The number of nitrogen functional groups attached to an aromatic ring is 1. The van der Waals surface area contributed by atoms with Gasteiger partial charge < -0.3 is 16.2 Å². The number of rotatable bonds is 5. The zero-order chi connectivity index (χ0) is 13.7. The molecule has 0 bridgehead atoms. The van der Waals surface area contributed by atoms with Crippen LogP contribution in [0.2, 0.25) is 0 Å². The zero-order valence-corrected chi connectivity index (χ0v) is 11.3. The molecule has 0 aliphatic carbocycles. The fraction of sp³-hybridized carbons (Fsp3) is 0.417. The molecular weight excluding hydrogens is 252 g/mol. The summed E-state index contributed by atoms with van der Waals surface area (Å²) in [6.45, 7) is 2.32. The molecule has 1 aromatic carbocycles. The molecule has 0 aromatic heterocycles. The number of carbonyl (C=O) groups is 1. The summed E-state index contributed by atoms with van der Waals surface area (Å²) in [5.74, 6) is -0.384. The van der Waals surface area contributed by atoms with Crippen LogP contribution in [-0.2, 0) is 10.8 Å². The maximum absolute atomic E-state index is 11.7. The van der Waals surface area contributed by atoms with Crippen LogP contribution in [0.3, 0.4) is 0 Å². The Morgan fingerprint density at radius 3 is 2.78 bits per heavy atom. The summed E-state index contributed by atoms with van der Waals surface area (Å²) in [7, 11) is -0.884. The average molecular weight is 270 g/mol. The number of nitrogens with two attached hydrogens (primary N) is 1. The molecule has 2 unspecified atom stereocenters. The molecule has 2 atom stereocenters. The van der Waals surface area contributed by atoms with Crippen molar-refractivity contribution in [3.05, 3.63) is 23.8 Å². The van der Waals surface area contributed by atoms with Gasteiger partial charge in [-0.2, -0.15) is 0 Å². The van der Waals surface area contributed by atoms with Crippen molar-refractivity contribution in [1.29, 1.82) is 0 Å². The summed E-state index contributed by atoms with van der Waals surface area (Å²) in [6, 6.07) is 4.35. The highest BCUT2D eigenvalue weighted by Crippen LogP contribution is 2.20. The Labute approximate surface area is 109 Å². The first kappa shape index (κ1) is 14.5. The Morgan fingerprint density at radius 2 is 2.22 bits per heavy atom. The van der Waals surface area contributed by atoms with E-state index < -0.39 is 10.8 Å². The fourth-order valence-corrected chi connectivity index (χ4v) is 1.79. The SMILES string of the molecule is CC(CCNC(=O)c1ccc(N)c(O)c1)S(C)=O. The van der Waals surface area contributed by atoms with Gasteiger partial charge in [0.15, 0.2) is 0 Å². The van der Waals surface area contributed by atoms with Crippen molar-refractivity contribution in [1.82, 2.24) is 5.32 Å². The molecule has 0 fully saturated rings.